The van der Waals surface area contributed by atoms with Crippen molar-refractivity contribution in [2.45, 2.75) is 24.5 Å². The second kappa shape index (κ2) is 4.36. The van der Waals surface area contributed by atoms with E-state index in [0.717, 1.165) is 37.1 Å². The lowest BCUT2D eigenvalue weighted by molar-refractivity contribution is 0.0513. The molecule has 2 heterocycles. The first-order valence-electron chi connectivity index (χ1n) is 7.37. The van der Waals surface area contributed by atoms with Crippen LogP contribution < -0.4 is 0 Å². The number of aromatic hydroxyl groups is 2. The van der Waals surface area contributed by atoms with Crippen molar-refractivity contribution in [2.75, 3.05) is 20.2 Å². The molecule has 0 aromatic heterocycles. The Hall–Kier alpha value is -1.78. The zero-order valence-electron chi connectivity index (χ0n) is 12.0. The second-order valence-corrected chi connectivity index (χ2v) is 6.05. The van der Waals surface area contributed by atoms with Crippen LogP contribution in [0.2, 0.25) is 0 Å². The van der Waals surface area contributed by atoms with Crippen LogP contribution in [0.5, 0.6) is 11.5 Å². The quantitative estimate of drug-likeness (QED) is 0.776. The Morgan fingerprint density at radius 2 is 2.10 bits per heavy atom. The first kappa shape index (κ1) is 12.9. The number of hydrogen-bond acceptors (Lipinski definition) is 4. The van der Waals surface area contributed by atoms with Crippen molar-refractivity contribution in [1.82, 2.24) is 4.90 Å². The van der Waals surface area contributed by atoms with E-state index in [0.29, 0.717) is 0 Å². The highest BCUT2D eigenvalue weighted by Crippen LogP contribution is 2.52. The van der Waals surface area contributed by atoms with Crippen molar-refractivity contribution in [3.8, 4) is 11.5 Å². The second-order valence-electron chi connectivity index (χ2n) is 6.05. The molecule has 2 N–H and O–H groups in total. The Morgan fingerprint density at radius 1 is 1.29 bits per heavy atom. The zero-order chi connectivity index (χ0) is 14.6. The van der Waals surface area contributed by atoms with Crippen molar-refractivity contribution in [1.29, 1.82) is 0 Å². The standard InChI is InChI=1S/C17H19NO3/c1-21-13-3-2-12-5-7-18-6-4-11-8-15(19)16(20)9-14(11)17(12,18)10-13/h2-3,5,8-9,13,19-20H,4,6-7,10H2,1H3/t13-,17-/m0/s1. The van der Waals surface area contributed by atoms with E-state index in [-0.39, 0.29) is 23.1 Å². The molecule has 4 rings (SSSR count). The Kier molecular flexibility index (Phi) is 2.68. The highest BCUT2D eigenvalue weighted by molar-refractivity contribution is 5.56. The van der Waals surface area contributed by atoms with Crippen LogP contribution in [0.15, 0.2) is 35.9 Å². The highest BCUT2D eigenvalue weighted by atomic mass is 16.5. The highest BCUT2D eigenvalue weighted by Gasteiger charge is 2.50. The maximum atomic E-state index is 9.97. The largest absolute Gasteiger partial charge is 0.504 e. The average molecular weight is 285 g/mol. The van der Waals surface area contributed by atoms with Crippen LogP contribution in [0.1, 0.15) is 17.5 Å². The van der Waals surface area contributed by atoms with Gasteiger partial charge in [-0.25, -0.2) is 0 Å². The molecule has 4 nitrogen and oxygen atoms in total. The van der Waals surface area contributed by atoms with Gasteiger partial charge < -0.3 is 14.9 Å². The van der Waals surface area contributed by atoms with Crippen LogP contribution in [-0.4, -0.2) is 41.4 Å². The first-order chi connectivity index (χ1) is 10.1. The minimum absolute atomic E-state index is 0.0308. The molecule has 0 unspecified atom stereocenters. The molecule has 0 amide bonds. The molecule has 0 radical (unpaired) electrons. The van der Waals surface area contributed by atoms with Crippen molar-refractivity contribution in [3.05, 3.63) is 47.1 Å². The van der Waals surface area contributed by atoms with E-state index in [1.807, 2.05) is 0 Å². The van der Waals surface area contributed by atoms with E-state index in [2.05, 4.69) is 23.1 Å². The molecule has 4 heteroatoms. The summed E-state index contributed by atoms with van der Waals surface area (Å²) in [6, 6.07) is 3.45. The predicted molar refractivity (Wildman–Crippen MR) is 79.4 cm³/mol. The van der Waals surface area contributed by atoms with Crippen LogP contribution in [0.25, 0.3) is 0 Å². The third-order valence-electron chi connectivity index (χ3n) is 5.14. The molecule has 1 aromatic rings. The van der Waals surface area contributed by atoms with Gasteiger partial charge in [-0.15, -0.1) is 0 Å². The van der Waals surface area contributed by atoms with Gasteiger partial charge in [0.25, 0.3) is 0 Å². The van der Waals surface area contributed by atoms with Gasteiger partial charge in [0.15, 0.2) is 11.5 Å². The summed E-state index contributed by atoms with van der Waals surface area (Å²) in [5, 5.41) is 19.8. The lowest BCUT2D eigenvalue weighted by Crippen LogP contribution is -2.51. The Labute approximate surface area is 124 Å². The fraction of sp³-hybridized carbons (Fsp3) is 0.412. The number of ether oxygens (including phenoxy) is 1. The van der Waals surface area contributed by atoms with Crippen molar-refractivity contribution in [3.63, 3.8) is 0 Å². The van der Waals surface area contributed by atoms with E-state index in [1.165, 1.54) is 5.57 Å². The maximum absolute atomic E-state index is 9.97. The average Bonchev–Trinajstić information content (AvgIpc) is 2.87. The Balaban J connectivity index is 1.93. The predicted octanol–water partition coefficient (Wildman–Crippen LogP) is 2.07. The summed E-state index contributed by atoms with van der Waals surface area (Å²) in [6.07, 6.45) is 8.34. The molecular formula is C17H19NO3. The molecule has 1 aromatic carbocycles. The smallest absolute Gasteiger partial charge is 0.157 e. The van der Waals surface area contributed by atoms with Gasteiger partial charge in [-0.1, -0.05) is 18.2 Å². The third kappa shape index (κ3) is 1.63. The minimum Gasteiger partial charge on any atom is -0.504 e. The lowest BCUT2D eigenvalue weighted by Gasteiger charge is -2.48. The van der Waals surface area contributed by atoms with Gasteiger partial charge in [0.05, 0.1) is 11.6 Å². The fourth-order valence-electron chi connectivity index (χ4n) is 4.09. The zero-order valence-corrected chi connectivity index (χ0v) is 12.0. The van der Waals surface area contributed by atoms with Crippen molar-refractivity contribution in [2.24, 2.45) is 0 Å². The molecule has 3 aliphatic rings. The van der Waals surface area contributed by atoms with Crippen LogP contribution in [0, 0.1) is 0 Å². The van der Waals surface area contributed by atoms with Gasteiger partial charge in [0.1, 0.15) is 0 Å². The van der Waals surface area contributed by atoms with Gasteiger partial charge in [-0.3, -0.25) is 4.90 Å². The first-order valence-corrected chi connectivity index (χ1v) is 7.37. The van der Waals surface area contributed by atoms with E-state index < -0.39 is 0 Å². The molecule has 2 atom stereocenters. The monoisotopic (exact) mass is 285 g/mol. The molecule has 1 aliphatic carbocycles. The van der Waals surface area contributed by atoms with E-state index in [9.17, 15) is 10.2 Å². The van der Waals surface area contributed by atoms with Crippen LogP contribution in [0.4, 0.5) is 0 Å². The fourth-order valence-corrected chi connectivity index (χ4v) is 4.09. The molecule has 1 spiro atoms. The molecule has 0 bridgehead atoms. The molecular weight excluding hydrogens is 266 g/mol. The van der Waals surface area contributed by atoms with Crippen LogP contribution in [-0.2, 0) is 16.7 Å². The summed E-state index contributed by atoms with van der Waals surface area (Å²) in [7, 11) is 1.73. The maximum Gasteiger partial charge on any atom is 0.157 e. The normalized spacial score (nSPS) is 30.5. The Morgan fingerprint density at radius 3 is 2.90 bits per heavy atom. The topological polar surface area (TPSA) is 52.9 Å². The number of fused-ring (bicyclic) bond motifs is 1. The number of nitrogens with zero attached hydrogens (tertiary/aromatic N) is 1. The molecule has 0 saturated carbocycles. The van der Waals surface area contributed by atoms with Crippen LogP contribution >= 0.6 is 0 Å². The number of methoxy groups -OCH3 is 1. The van der Waals surface area contributed by atoms with Gasteiger partial charge in [0, 0.05) is 26.6 Å². The van der Waals surface area contributed by atoms with E-state index in [4.69, 9.17) is 4.74 Å². The summed E-state index contributed by atoms with van der Waals surface area (Å²) in [5.74, 6) is -0.0727. The number of phenolic OH excluding ortho intramolecular Hbond substituents is 2. The minimum atomic E-state index is -0.214. The summed E-state index contributed by atoms with van der Waals surface area (Å²) in [6.45, 7) is 1.89. The molecule has 110 valence electrons. The van der Waals surface area contributed by atoms with Gasteiger partial charge in [-0.05, 0) is 35.3 Å². The number of phenols is 2. The summed E-state index contributed by atoms with van der Waals surface area (Å²) < 4.78 is 5.56. The summed E-state index contributed by atoms with van der Waals surface area (Å²) >= 11 is 0. The van der Waals surface area contributed by atoms with Gasteiger partial charge in [0.2, 0.25) is 0 Å². The van der Waals surface area contributed by atoms with Crippen molar-refractivity contribution < 1.29 is 14.9 Å². The van der Waals surface area contributed by atoms with Crippen molar-refractivity contribution >= 4 is 0 Å². The van der Waals surface area contributed by atoms with E-state index >= 15 is 0 Å². The summed E-state index contributed by atoms with van der Waals surface area (Å²) in [4.78, 5) is 2.46. The Bertz CT molecular complexity index is 664. The number of hydrogen-bond donors (Lipinski definition) is 2. The SMILES string of the molecule is CO[C@H]1C=CC2=CCN3CCc4cc(O)c(O)cc4[C@]23C1. The van der Waals surface area contributed by atoms with Crippen LogP contribution in [0.3, 0.4) is 0 Å². The molecule has 21 heavy (non-hydrogen) atoms. The van der Waals surface area contributed by atoms with Gasteiger partial charge in [-0.2, -0.15) is 0 Å². The van der Waals surface area contributed by atoms with E-state index in [1.54, 1.807) is 19.2 Å². The number of benzene rings is 1. The summed E-state index contributed by atoms with van der Waals surface area (Å²) in [5.41, 5.74) is 3.30. The van der Waals surface area contributed by atoms with Gasteiger partial charge >= 0.3 is 0 Å². The molecule has 2 aliphatic heterocycles. The lowest BCUT2D eigenvalue weighted by atomic mass is 9.71. The number of rotatable bonds is 1. The molecule has 0 saturated heterocycles. The molecule has 0 fully saturated rings. The third-order valence-corrected chi connectivity index (χ3v) is 5.14.